The number of hydrogen-bond acceptors (Lipinski definition) is 5. The van der Waals surface area contributed by atoms with Gasteiger partial charge in [0.15, 0.2) is 0 Å². The molecule has 21 heavy (non-hydrogen) atoms. The Morgan fingerprint density at radius 3 is 2.86 bits per heavy atom. The van der Waals surface area contributed by atoms with Crippen LogP contribution in [-0.4, -0.2) is 24.5 Å². The molecule has 0 saturated heterocycles. The zero-order valence-corrected chi connectivity index (χ0v) is 11.0. The summed E-state index contributed by atoms with van der Waals surface area (Å²) in [5.74, 6) is -0.503. The molecule has 0 amide bonds. The molecule has 0 radical (unpaired) electrons. The number of aromatic amines is 1. The minimum absolute atomic E-state index is 0.0341. The number of H-pyrrole nitrogens is 1. The summed E-state index contributed by atoms with van der Waals surface area (Å²) < 4.78 is 15.1. The number of fused-ring (bicyclic) bond motifs is 3. The van der Waals surface area contributed by atoms with Crippen LogP contribution in [0.3, 0.4) is 0 Å². The van der Waals surface area contributed by atoms with Crippen molar-refractivity contribution in [2.75, 3.05) is 0 Å². The third-order valence-electron chi connectivity index (χ3n) is 3.16. The minimum Gasteiger partial charge on any atom is -0.317 e. The quantitative estimate of drug-likeness (QED) is 0.582. The Morgan fingerprint density at radius 1 is 1.43 bits per heavy atom. The van der Waals surface area contributed by atoms with Crippen LogP contribution in [0.25, 0.3) is 16.7 Å². The van der Waals surface area contributed by atoms with Gasteiger partial charge in [-0.25, -0.2) is 0 Å². The molecular weight excluding hydrogens is 281 g/mol. The van der Waals surface area contributed by atoms with Crippen molar-refractivity contribution in [2.24, 2.45) is 0 Å². The average Bonchev–Trinajstić information content (AvgIpc) is 2.83. The zero-order valence-electron chi connectivity index (χ0n) is 11.0. The predicted octanol–water partition coefficient (Wildman–Crippen LogP) is 1.57. The van der Waals surface area contributed by atoms with Crippen LogP contribution in [0.5, 0.6) is 0 Å². The molecule has 0 spiro atoms. The number of aromatic nitrogens is 4. The molecule has 0 aliphatic heterocycles. The number of nitrogens with one attached hydrogen (secondary N) is 1. The topological polar surface area (TPSA) is 106 Å². The van der Waals surface area contributed by atoms with E-state index in [-0.39, 0.29) is 11.2 Å². The number of rotatable bonds is 3. The summed E-state index contributed by atoms with van der Waals surface area (Å²) in [6, 6.07) is 2.01. The van der Waals surface area contributed by atoms with Crippen LogP contribution in [-0.2, 0) is 6.42 Å². The van der Waals surface area contributed by atoms with Crippen molar-refractivity contribution < 1.29 is 9.31 Å². The maximum absolute atomic E-state index is 13.7. The van der Waals surface area contributed by atoms with Gasteiger partial charge in [0.2, 0.25) is 11.5 Å². The molecule has 3 aromatic rings. The van der Waals surface area contributed by atoms with Crippen molar-refractivity contribution in [3.63, 3.8) is 0 Å². The molecule has 0 fully saturated rings. The van der Waals surface area contributed by atoms with E-state index in [0.29, 0.717) is 17.8 Å². The smallest absolute Gasteiger partial charge is 0.307 e. The van der Waals surface area contributed by atoms with E-state index in [4.69, 9.17) is 0 Å². The van der Waals surface area contributed by atoms with Gasteiger partial charge in [0.25, 0.3) is 5.56 Å². The summed E-state index contributed by atoms with van der Waals surface area (Å²) in [5, 5.41) is 18.6. The molecule has 1 aromatic carbocycles. The average molecular weight is 291 g/mol. The molecule has 9 heteroatoms. The first kappa shape index (κ1) is 13.2. The largest absolute Gasteiger partial charge is 0.317 e. The van der Waals surface area contributed by atoms with Crippen LogP contribution in [0, 0.1) is 15.9 Å². The van der Waals surface area contributed by atoms with Crippen LogP contribution in [0.1, 0.15) is 19.2 Å². The Kier molecular flexibility index (Phi) is 2.89. The van der Waals surface area contributed by atoms with Crippen LogP contribution >= 0.6 is 0 Å². The van der Waals surface area contributed by atoms with Gasteiger partial charge in [-0.05, 0) is 6.42 Å². The lowest BCUT2D eigenvalue weighted by molar-refractivity contribution is -0.387. The molecule has 0 saturated carbocycles. The molecule has 0 aliphatic carbocycles. The zero-order chi connectivity index (χ0) is 15.1. The molecule has 2 heterocycles. The lowest BCUT2D eigenvalue weighted by Crippen LogP contribution is -2.12. The summed E-state index contributed by atoms with van der Waals surface area (Å²) in [5.41, 5.74) is -0.691. The Bertz CT molecular complexity index is 930. The highest BCUT2D eigenvalue weighted by molar-refractivity contribution is 5.80. The van der Waals surface area contributed by atoms with Crippen LogP contribution in [0.4, 0.5) is 10.1 Å². The van der Waals surface area contributed by atoms with Gasteiger partial charge in [-0.1, -0.05) is 6.92 Å². The van der Waals surface area contributed by atoms with Gasteiger partial charge in [-0.3, -0.25) is 19.3 Å². The number of benzene rings is 1. The molecule has 0 bridgehead atoms. The Morgan fingerprint density at radius 2 is 2.19 bits per heavy atom. The molecular formula is C12H10FN5O3. The number of nitro benzene ring substituents is 1. The summed E-state index contributed by atoms with van der Waals surface area (Å²) in [6.45, 7) is 1.93. The lowest BCUT2D eigenvalue weighted by Gasteiger charge is -2.04. The third kappa shape index (κ3) is 1.93. The van der Waals surface area contributed by atoms with Crippen LogP contribution in [0.2, 0.25) is 0 Å². The van der Waals surface area contributed by atoms with Gasteiger partial charge in [-0.2, -0.15) is 4.39 Å². The third-order valence-corrected chi connectivity index (χ3v) is 3.16. The lowest BCUT2D eigenvalue weighted by atomic mass is 10.2. The van der Waals surface area contributed by atoms with E-state index in [0.717, 1.165) is 18.6 Å². The fourth-order valence-electron chi connectivity index (χ4n) is 2.26. The van der Waals surface area contributed by atoms with Gasteiger partial charge in [0, 0.05) is 18.6 Å². The van der Waals surface area contributed by atoms with Gasteiger partial charge in [0.05, 0.1) is 16.0 Å². The van der Waals surface area contributed by atoms with E-state index in [9.17, 15) is 19.3 Å². The normalized spacial score (nSPS) is 11.3. The first-order chi connectivity index (χ1) is 10.0. The Labute approximate surface area is 116 Å². The summed E-state index contributed by atoms with van der Waals surface area (Å²) in [7, 11) is 0. The van der Waals surface area contributed by atoms with E-state index < -0.39 is 22.0 Å². The first-order valence-electron chi connectivity index (χ1n) is 6.27. The molecule has 0 atom stereocenters. The second-order valence-electron chi connectivity index (χ2n) is 4.56. The second-order valence-corrected chi connectivity index (χ2v) is 4.56. The van der Waals surface area contributed by atoms with Crippen molar-refractivity contribution in [1.82, 2.24) is 19.6 Å². The molecule has 0 unspecified atom stereocenters. The minimum atomic E-state index is -1.01. The number of hydrogen-bond donors (Lipinski definition) is 1. The highest BCUT2D eigenvalue weighted by Crippen LogP contribution is 2.23. The highest BCUT2D eigenvalue weighted by Gasteiger charge is 2.19. The van der Waals surface area contributed by atoms with Crippen molar-refractivity contribution in [2.45, 2.75) is 19.8 Å². The van der Waals surface area contributed by atoms with E-state index in [2.05, 4.69) is 15.2 Å². The summed E-state index contributed by atoms with van der Waals surface area (Å²) in [4.78, 5) is 24.4. The standard InChI is InChI=1S/C12H10FN5O3/c1-2-3-10-15-16-11-12(19)14-7-4-6(13)8(18(20)21)5-9(7)17(10)11/h4-5H,2-3H2,1H3,(H,14,19). The summed E-state index contributed by atoms with van der Waals surface area (Å²) in [6.07, 6.45) is 1.31. The van der Waals surface area contributed by atoms with E-state index in [1.165, 1.54) is 4.40 Å². The van der Waals surface area contributed by atoms with Gasteiger partial charge >= 0.3 is 5.69 Å². The number of aryl methyl sites for hydroxylation is 1. The molecule has 0 aliphatic rings. The maximum Gasteiger partial charge on any atom is 0.307 e. The maximum atomic E-state index is 13.7. The van der Waals surface area contributed by atoms with Crippen LogP contribution < -0.4 is 5.56 Å². The van der Waals surface area contributed by atoms with Crippen molar-refractivity contribution in [3.05, 3.63) is 44.2 Å². The van der Waals surface area contributed by atoms with Gasteiger partial charge < -0.3 is 4.98 Å². The van der Waals surface area contributed by atoms with Gasteiger partial charge in [-0.15, -0.1) is 10.2 Å². The van der Waals surface area contributed by atoms with E-state index in [1.54, 1.807) is 0 Å². The van der Waals surface area contributed by atoms with Crippen molar-refractivity contribution in [3.8, 4) is 0 Å². The number of nitrogens with zero attached hydrogens (tertiary/aromatic N) is 4. The summed E-state index contributed by atoms with van der Waals surface area (Å²) >= 11 is 0. The first-order valence-corrected chi connectivity index (χ1v) is 6.27. The fourth-order valence-corrected chi connectivity index (χ4v) is 2.26. The molecule has 3 rings (SSSR count). The Hall–Kier alpha value is -2.84. The van der Waals surface area contributed by atoms with Gasteiger partial charge in [0.1, 0.15) is 5.82 Å². The number of halogens is 1. The predicted molar refractivity (Wildman–Crippen MR) is 71.7 cm³/mol. The monoisotopic (exact) mass is 291 g/mol. The van der Waals surface area contributed by atoms with E-state index in [1.807, 2.05) is 6.92 Å². The molecule has 108 valence electrons. The molecule has 2 aromatic heterocycles. The fraction of sp³-hybridized carbons (Fsp3) is 0.250. The molecule has 8 nitrogen and oxygen atoms in total. The number of nitro groups is 1. The van der Waals surface area contributed by atoms with E-state index >= 15 is 0 Å². The molecule has 1 N–H and O–H groups in total. The SMILES string of the molecule is CCCc1nnc2c(=O)[nH]c3cc(F)c([N+](=O)[O-])cc3n12. The highest BCUT2D eigenvalue weighted by atomic mass is 19.1. The second kappa shape index (κ2) is 4.62. The van der Waals surface area contributed by atoms with Crippen molar-refractivity contribution >= 4 is 22.4 Å². The van der Waals surface area contributed by atoms with Crippen LogP contribution in [0.15, 0.2) is 16.9 Å². The Balaban J connectivity index is 2.49. The van der Waals surface area contributed by atoms with Crippen molar-refractivity contribution in [1.29, 1.82) is 0 Å².